The lowest BCUT2D eigenvalue weighted by Crippen LogP contribution is -2.37. The minimum absolute atomic E-state index is 1.12. The molecule has 1 aromatic rings. The lowest BCUT2D eigenvalue weighted by molar-refractivity contribution is 0.197. The number of hydrogen-bond donors (Lipinski definition) is 0. The minimum Gasteiger partial charge on any atom is -0.305 e. The van der Waals surface area contributed by atoms with E-state index in [4.69, 9.17) is 0 Å². The lowest BCUT2D eigenvalue weighted by Gasteiger charge is -2.28. The maximum absolute atomic E-state index is 4.05. The first kappa shape index (κ1) is 13.5. The standard InChI is InChI=1S/C15H25N3/c1-17(12-7-15-5-8-16-9-6-15)13-14-18-10-3-2-4-11-18/h5-6,8-9H,2-4,7,10-14H2,1H3. The molecule has 18 heavy (non-hydrogen) atoms. The summed E-state index contributed by atoms with van der Waals surface area (Å²) < 4.78 is 0. The smallest absolute Gasteiger partial charge is 0.0270 e. The van der Waals surface area contributed by atoms with Gasteiger partial charge in [-0.05, 0) is 57.1 Å². The zero-order chi connectivity index (χ0) is 12.6. The Bertz CT molecular complexity index is 320. The van der Waals surface area contributed by atoms with E-state index in [-0.39, 0.29) is 0 Å². The topological polar surface area (TPSA) is 19.4 Å². The summed E-state index contributed by atoms with van der Waals surface area (Å²) in [6.45, 7) is 6.16. The molecule has 1 aliphatic rings. The fraction of sp³-hybridized carbons (Fsp3) is 0.667. The first-order valence-electron chi connectivity index (χ1n) is 7.14. The molecule has 0 spiro atoms. The molecule has 0 atom stereocenters. The molecule has 0 saturated carbocycles. The summed E-state index contributed by atoms with van der Waals surface area (Å²) in [5.74, 6) is 0. The Morgan fingerprint density at radius 3 is 2.56 bits per heavy atom. The molecule has 100 valence electrons. The molecule has 2 heterocycles. The van der Waals surface area contributed by atoms with Gasteiger partial charge in [0.15, 0.2) is 0 Å². The van der Waals surface area contributed by atoms with Crippen LogP contribution in [0.2, 0.25) is 0 Å². The SMILES string of the molecule is CN(CCc1ccncc1)CCN1CCCCC1. The van der Waals surface area contributed by atoms with Crippen molar-refractivity contribution in [3.8, 4) is 0 Å². The Kier molecular flexibility index (Phi) is 5.62. The zero-order valence-electron chi connectivity index (χ0n) is 11.5. The molecule has 3 nitrogen and oxygen atoms in total. The van der Waals surface area contributed by atoms with Crippen molar-refractivity contribution in [3.05, 3.63) is 30.1 Å². The van der Waals surface area contributed by atoms with Crippen LogP contribution in [0.5, 0.6) is 0 Å². The quantitative estimate of drug-likeness (QED) is 0.767. The molecule has 0 N–H and O–H groups in total. The van der Waals surface area contributed by atoms with E-state index in [1.165, 1.54) is 51.0 Å². The molecule has 3 heteroatoms. The molecule has 0 aliphatic carbocycles. The summed E-state index contributed by atoms with van der Waals surface area (Å²) in [7, 11) is 2.23. The maximum atomic E-state index is 4.05. The van der Waals surface area contributed by atoms with E-state index in [1.54, 1.807) is 0 Å². The molecular formula is C15H25N3. The summed E-state index contributed by atoms with van der Waals surface area (Å²) in [6, 6.07) is 4.22. The summed E-state index contributed by atoms with van der Waals surface area (Å²) in [5, 5.41) is 0. The molecule has 0 unspecified atom stereocenters. The fourth-order valence-corrected chi connectivity index (χ4v) is 2.48. The van der Waals surface area contributed by atoms with Gasteiger partial charge in [0, 0.05) is 32.0 Å². The largest absolute Gasteiger partial charge is 0.305 e. The van der Waals surface area contributed by atoms with Gasteiger partial charge in [0.25, 0.3) is 0 Å². The first-order chi connectivity index (χ1) is 8.84. The van der Waals surface area contributed by atoms with E-state index < -0.39 is 0 Å². The van der Waals surface area contributed by atoms with Crippen molar-refractivity contribution >= 4 is 0 Å². The second-order valence-electron chi connectivity index (χ2n) is 5.31. The summed E-state index contributed by atoms with van der Waals surface area (Å²) >= 11 is 0. The summed E-state index contributed by atoms with van der Waals surface area (Å²) in [5.41, 5.74) is 1.38. The van der Waals surface area contributed by atoms with Crippen LogP contribution in [0, 0.1) is 0 Å². The Morgan fingerprint density at radius 1 is 1.11 bits per heavy atom. The zero-order valence-corrected chi connectivity index (χ0v) is 11.5. The van der Waals surface area contributed by atoms with Crippen molar-refractivity contribution in [2.45, 2.75) is 25.7 Å². The van der Waals surface area contributed by atoms with Gasteiger partial charge in [-0.2, -0.15) is 0 Å². The lowest BCUT2D eigenvalue weighted by atomic mass is 10.1. The van der Waals surface area contributed by atoms with Gasteiger partial charge in [-0.3, -0.25) is 4.98 Å². The normalized spacial score (nSPS) is 17.2. The van der Waals surface area contributed by atoms with Crippen LogP contribution in [0.1, 0.15) is 24.8 Å². The van der Waals surface area contributed by atoms with Gasteiger partial charge in [-0.15, -0.1) is 0 Å². The second-order valence-corrected chi connectivity index (χ2v) is 5.31. The highest BCUT2D eigenvalue weighted by Gasteiger charge is 2.10. The molecule has 0 aromatic carbocycles. The van der Waals surface area contributed by atoms with Crippen LogP contribution in [0.25, 0.3) is 0 Å². The Balaban J connectivity index is 1.61. The molecule has 0 radical (unpaired) electrons. The molecule has 1 aromatic heterocycles. The van der Waals surface area contributed by atoms with Crippen LogP contribution in [-0.4, -0.2) is 54.6 Å². The number of likely N-dealkylation sites (N-methyl/N-ethyl adjacent to an activating group) is 1. The second kappa shape index (κ2) is 7.49. The Hall–Kier alpha value is -0.930. The average Bonchev–Trinajstić information content (AvgIpc) is 2.45. The third-order valence-electron chi connectivity index (χ3n) is 3.78. The van der Waals surface area contributed by atoms with Crippen molar-refractivity contribution in [2.24, 2.45) is 0 Å². The van der Waals surface area contributed by atoms with Crippen LogP contribution < -0.4 is 0 Å². The van der Waals surface area contributed by atoms with Gasteiger partial charge < -0.3 is 9.80 Å². The van der Waals surface area contributed by atoms with Gasteiger partial charge in [0.1, 0.15) is 0 Å². The predicted octanol–water partition coefficient (Wildman–Crippen LogP) is 2.04. The van der Waals surface area contributed by atoms with Crippen LogP contribution >= 0.6 is 0 Å². The highest BCUT2D eigenvalue weighted by Crippen LogP contribution is 2.08. The average molecular weight is 247 g/mol. The highest BCUT2D eigenvalue weighted by molar-refractivity contribution is 5.09. The van der Waals surface area contributed by atoms with E-state index in [2.05, 4.69) is 34.0 Å². The molecule has 0 amide bonds. The molecule has 1 aliphatic heterocycles. The minimum atomic E-state index is 1.12. The van der Waals surface area contributed by atoms with Gasteiger partial charge in [0.2, 0.25) is 0 Å². The third-order valence-corrected chi connectivity index (χ3v) is 3.78. The molecule has 0 bridgehead atoms. The van der Waals surface area contributed by atoms with Crippen LogP contribution in [0.4, 0.5) is 0 Å². The van der Waals surface area contributed by atoms with Crippen LogP contribution in [0.3, 0.4) is 0 Å². The van der Waals surface area contributed by atoms with E-state index in [1.807, 2.05) is 12.4 Å². The number of piperidine rings is 1. The number of hydrogen-bond acceptors (Lipinski definition) is 3. The van der Waals surface area contributed by atoms with Gasteiger partial charge in [-0.25, -0.2) is 0 Å². The number of rotatable bonds is 6. The van der Waals surface area contributed by atoms with E-state index in [9.17, 15) is 0 Å². The number of nitrogens with zero attached hydrogens (tertiary/aromatic N) is 3. The van der Waals surface area contributed by atoms with Crippen molar-refractivity contribution in [1.82, 2.24) is 14.8 Å². The first-order valence-corrected chi connectivity index (χ1v) is 7.14. The van der Waals surface area contributed by atoms with Crippen molar-refractivity contribution in [3.63, 3.8) is 0 Å². The Morgan fingerprint density at radius 2 is 1.83 bits per heavy atom. The van der Waals surface area contributed by atoms with E-state index >= 15 is 0 Å². The fourth-order valence-electron chi connectivity index (χ4n) is 2.48. The molecule has 1 fully saturated rings. The van der Waals surface area contributed by atoms with Crippen molar-refractivity contribution in [2.75, 3.05) is 39.8 Å². The maximum Gasteiger partial charge on any atom is 0.0270 e. The van der Waals surface area contributed by atoms with Gasteiger partial charge in [0.05, 0.1) is 0 Å². The summed E-state index contributed by atoms with van der Waals surface area (Å²) in [6.07, 6.45) is 9.08. The van der Waals surface area contributed by atoms with Crippen LogP contribution in [0.15, 0.2) is 24.5 Å². The third kappa shape index (κ3) is 4.75. The van der Waals surface area contributed by atoms with Crippen LogP contribution in [-0.2, 0) is 6.42 Å². The highest BCUT2D eigenvalue weighted by atomic mass is 15.2. The molecule has 2 rings (SSSR count). The number of likely N-dealkylation sites (tertiary alicyclic amines) is 1. The molecule has 1 saturated heterocycles. The number of pyridine rings is 1. The predicted molar refractivity (Wildman–Crippen MR) is 75.7 cm³/mol. The Labute approximate surface area is 111 Å². The number of aromatic nitrogens is 1. The van der Waals surface area contributed by atoms with Gasteiger partial charge >= 0.3 is 0 Å². The van der Waals surface area contributed by atoms with Crippen molar-refractivity contribution in [1.29, 1.82) is 0 Å². The van der Waals surface area contributed by atoms with Crippen molar-refractivity contribution < 1.29 is 0 Å². The van der Waals surface area contributed by atoms with Gasteiger partial charge in [-0.1, -0.05) is 6.42 Å². The molecular weight excluding hydrogens is 222 g/mol. The van der Waals surface area contributed by atoms with E-state index in [0.717, 1.165) is 13.0 Å². The van der Waals surface area contributed by atoms with E-state index in [0.29, 0.717) is 0 Å². The monoisotopic (exact) mass is 247 g/mol. The summed E-state index contributed by atoms with van der Waals surface area (Å²) in [4.78, 5) is 9.09.